The van der Waals surface area contributed by atoms with Crippen molar-refractivity contribution < 1.29 is 0 Å². The van der Waals surface area contributed by atoms with Crippen molar-refractivity contribution in [2.75, 3.05) is 32.1 Å². The molecular weight excluding hydrogens is 252 g/mol. The highest BCUT2D eigenvalue weighted by molar-refractivity contribution is 7.99. The Bertz CT molecular complexity index is 346. The molecule has 1 atom stereocenters. The molecule has 1 aromatic rings. The Morgan fingerprint density at radius 2 is 1.79 bits per heavy atom. The van der Waals surface area contributed by atoms with Gasteiger partial charge >= 0.3 is 0 Å². The van der Waals surface area contributed by atoms with E-state index in [1.54, 1.807) is 0 Å². The van der Waals surface area contributed by atoms with Crippen molar-refractivity contribution >= 4 is 11.8 Å². The summed E-state index contributed by atoms with van der Waals surface area (Å²) in [4.78, 5) is 2.21. The molecule has 2 N–H and O–H groups in total. The van der Waals surface area contributed by atoms with E-state index in [1.165, 1.54) is 11.1 Å². The van der Waals surface area contributed by atoms with Crippen LogP contribution in [0.3, 0.4) is 0 Å². The zero-order valence-corrected chi connectivity index (χ0v) is 13.5. The molecule has 0 aromatic heterocycles. The zero-order valence-electron chi connectivity index (χ0n) is 12.7. The summed E-state index contributed by atoms with van der Waals surface area (Å²) >= 11 is 1.93. The minimum absolute atomic E-state index is 0.153. The molecule has 0 aliphatic heterocycles. The maximum atomic E-state index is 6.23. The third-order valence-corrected chi connectivity index (χ3v) is 4.10. The monoisotopic (exact) mass is 280 g/mol. The lowest BCUT2D eigenvalue weighted by Crippen LogP contribution is -2.17. The molecule has 1 unspecified atom stereocenters. The normalized spacial score (nSPS) is 13.2. The van der Waals surface area contributed by atoms with Gasteiger partial charge < -0.3 is 10.6 Å². The van der Waals surface area contributed by atoms with Crippen LogP contribution in [0.4, 0.5) is 0 Å². The molecule has 0 saturated carbocycles. The van der Waals surface area contributed by atoms with Crippen molar-refractivity contribution in [3.8, 4) is 0 Å². The van der Waals surface area contributed by atoms with E-state index in [0.717, 1.165) is 24.5 Å². The van der Waals surface area contributed by atoms with E-state index in [2.05, 4.69) is 57.1 Å². The van der Waals surface area contributed by atoms with Gasteiger partial charge in [0.05, 0.1) is 0 Å². The second-order valence-corrected chi connectivity index (χ2v) is 6.97. The molecule has 0 amide bonds. The Hall–Kier alpha value is -0.510. The zero-order chi connectivity index (χ0) is 14.3. The molecular formula is C16H28N2S. The van der Waals surface area contributed by atoms with Gasteiger partial charge in [0.25, 0.3) is 0 Å². The van der Waals surface area contributed by atoms with Crippen molar-refractivity contribution in [1.82, 2.24) is 4.90 Å². The maximum Gasteiger partial charge on any atom is 0.0386 e. The van der Waals surface area contributed by atoms with Crippen LogP contribution in [0.15, 0.2) is 24.3 Å². The average molecular weight is 280 g/mol. The Labute approximate surface area is 122 Å². The van der Waals surface area contributed by atoms with E-state index in [4.69, 9.17) is 5.73 Å². The number of nitrogens with zero attached hydrogens (tertiary/aromatic N) is 1. The van der Waals surface area contributed by atoms with Crippen LogP contribution in [0.25, 0.3) is 0 Å². The summed E-state index contributed by atoms with van der Waals surface area (Å²) < 4.78 is 0. The summed E-state index contributed by atoms with van der Waals surface area (Å²) in [7, 11) is 4.21. The molecule has 0 fully saturated rings. The standard InChI is InChI=1S/C16H28N2S/c1-13(2)11-14-5-7-15(8-6-14)16(17)12-19-10-9-18(3)4/h5-8,13,16H,9-12,17H2,1-4H3. The van der Waals surface area contributed by atoms with Crippen molar-refractivity contribution in [2.45, 2.75) is 26.3 Å². The third kappa shape index (κ3) is 7.00. The molecule has 0 aliphatic carbocycles. The van der Waals surface area contributed by atoms with E-state index < -0.39 is 0 Å². The highest BCUT2D eigenvalue weighted by atomic mass is 32.2. The largest absolute Gasteiger partial charge is 0.323 e. The minimum Gasteiger partial charge on any atom is -0.323 e. The van der Waals surface area contributed by atoms with E-state index in [9.17, 15) is 0 Å². The van der Waals surface area contributed by atoms with Gasteiger partial charge in [-0.05, 0) is 37.6 Å². The molecule has 19 heavy (non-hydrogen) atoms. The first kappa shape index (κ1) is 16.5. The predicted molar refractivity (Wildman–Crippen MR) is 87.8 cm³/mol. The van der Waals surface area contributed by atoms with Crippen LogP contribution in [-0.4, -0.2) is 37.0 Å². The number of hydrogen-bond acceptors (Lipinski definition) is 3. The fourth-order valence-electron chi connectivity index (χ4n) is 1.93. The van der Waals surface area contributed by atoms with Gasteiger partial charge in [0.2, 0.25) is 0 Å². The summed E-state index contributed by atoms with van der Waals surface area (Å²) in [5.74, 6) is 2.85. The first-order chi connectivity index (χ1) is 8.99. The van der Waals surface area contributed by atoms with Crippen molar-refractivity contribution in [1.29, 1.82) is 0 Å². The fraction of sp³-hybridized carbons (Fsp3) is 0.625. The van der Waals surface area contributed by atoms with E-state index in [1.807, 2.05) is 11.8 Å². The molecule has 0 radical (unpaired) electrons. The lowest BCUT2D eigenvalue weighted by molar-refractivity contribution is 0.437. The van der Waals surface area contributed by atoms with Crippen molar-refractivity contribution in [3.05, 3.63) is 35.4 Å². The number of benzene rings is 1. The summed E-state index contributed by atoms with van der Waals surface area (Å²) in [6, 6.07) is 8.98. The molecule has 0 aliphatic rings. The van der Waals surface area contributed by atoms with Gasteiger partial charge in [-0.1, -0.05) is 38.1 Å². The molecule has 108 valence electrons. The van der Waals surface area contributed by atoms with Crippen LogP contribution in [0, 0.1) is 5.92 Å². The van der Waals surface area contributed by atoms with Gasteiger partial charge in [-0.15, -0.1) is 0 Å². The first-order valence-electron chi connectivity index (χ1n) is 7.06. The van der Waals surface area contributed by atoms with Crippen LogP contribution >= 0.6 is 11.8 Å². The molecule has 3 heteroatoms. The summed E-state index contributed by atoms with van der Waals surface area (Å²) in [5, 5.41) is 0. The maximum absolute atomic E-state index is 6.23. The van der Waals surface area contributed by atoms with E-state index in [-0.39, 0.29) is 6.04 Å². The lowest BCUT2D eigenvalue weighted by Gasteiger charge is -2.14. The van der Waals surface area contributed by atoms with Gasteiger partial charge in [-0.2, -0.15) is 11.8 Å². The van der Waals surface area contributed by atoms with E-state index in [0.29, 0.717) is 5.92 Å². The highest BCUT2D eigenvalue weighted by Gasteiger charge is 2.06. The molecule has 0 bridgehead atoms. The highest BCUT2D eigenvalue weighted by Crippen LogP contribution is 2.18. The molecule has 0 heterocycles. The Morgan fingerprint density at radius 3 is 2.32 bits per heavy atom. The SMILES string of the molecule is CC(C)Cc1ccc(C(N)CSCCN(C)C)cc1. The topological polar surface area (TPSA) is 29.3 Å². The number of thioether (sulfide) groups is 1. The van der Waals surface area contributed by atoms with Crippen molar-refractivity contribution in [3.63, 3.8) is 0 Å². The smallest absolute Gasteiger partial charge is 0.0386 e. The quantitative estimate of drug-likeness (QED) is 0.742. The van der Waals surface area contributed by atoms with Crippen LogP contribution in [-0.2, 0) is 6.42 Å². The van der Waals surface area contributed by atoms with Crippen LogP contribution < -0.4 is 5.73 Å². The Morgan fingerprint density at radius 1 is 1.16 bits per heavy atom. The summed E-state index contributed by atoms with van der Waals surface area (Å²) in [6.45, 7) is 5.62. The molecule has 2 nitrogen and oxygen atoms in total. The number of hydrogen-bond donors (Lipinski definition) is 1. The van der Waals surface area contributed by atoms with Gasteiger partial charge in [0.15, 0.2) is 0 Å². The second-order valence-electron chi connectivity index (χ2n) is 5.82. The molecule has 1 rings (SSSR count). The summed E-state index contributed by atoms with van der Waals surface area (Å²) in [5.41, 5.74) is 8.89. The average Bonchev–Trinajstić information content (AvgIpc) is 2.34. The second kappa shape index (κ2) is 8.62. The molecule has 1 aromatic carbocycles. The third-order valence-electron chi connectivity index (χ3n) is 3.03. The Kier molecular flexibility index (Phi) is 7.51. The van der Waals surface area contributed by atoms with Crippen LogP contribution in [0.2, 0.25) is 0 Å². The lowest BCUT2D eigenvalue weighted by atomic mass is 10.0. The Balaban J connectivity index is 2.37. The van der Waals surface area contributed by atoms with Crippen LogP contribution in [0.5, 0.6) is 0 Å². The summed E-state index contributed by atoms with van der Waals surface area (Å²) in [6.07, 6.45) is 1.15. The van der Waals surface area contributed by atoms with Gasteiger partial charge in [0.1, 0.15) is 0 Å². The fourth-order valence-corrected chi connectivity index (χ4v) is 3.03. The van der Waals surface area contributed by atoms with Gasteiger partial charge in [-0.25, -0.2) is 0 Å². The molecule has 0 saturated heterocycles. The minimum atomic E-state index is 0.153. The van der Waals surface area contributed by atoms with E-state index >= 15 is 0 Å². The van der Waals surface area contributed by atoms with Crippen LogP contribution in [0.1, 0.15) is 31.0 Å². The number of rotatable bonds is 8. The van der Waals surface area contributed by atoms with Gasteiger partial charge in [-0.3, -0.25) is 0 Å². The first-order valence-corrected chi connectivity index (χ1v) is 8.21. The van der Waals surface area contributed by atoms with Gasteiger partial charge in [0, 0.05) is 24.1 Å². The predicted octanol–water partition coefficient (Wildman–Crippen LogP) is 3.18. The number of nitrogens with two attached hydrogens (primary N) is 1. The van der Waals surface area contributed by atoms with Crippen molar-refractivity contribution in [2.24, 2.45) is 11.7 Å². The molecule has 0 spiro atoms.